The van der Waals surface area contributed by atoms with Crippen LogP contribution in [0, 0.1) is 11.8 Å². The normalized spacial score (nSPS) is 19.8. The van der Waals surface area contributed by atoms with E-state index in [1.165, 1.54) is 77.0 Å². The first-order valence-corrected chi connectivity index (χ1v) is 11.7. The minimum atomic E-state index is 0.824. The molecule has 154 valence electrons. The fourth-order valence-corrected chi connectivity index (χ4v) is 4.31. The van der Waals surface area contributed by atoms with E-state index < -0.39 is 0 Å². The van der Waals surface area contributed by atoms with E-state index in [4.69, 9.17) is 9.47 Å². The van der Waals surface area contributed by atoms with E-state index in [0.717, 1.165) is 43.0 Å². The molecule has 1 saturated carbocycles. The molecular formula is C25H42O2. The van der Waals surface area contributed by atoms with Gasteiger partial charge in [-0.3, -0.25) is 0 Å². The third-order valence-corrected chi connectivity index (χ3v) is 6.03. The summed E-state index contributed by atoms with van der Waals surface area (Å²) in [5.74, 6) is 3.88. The van der Waals surface area contributed by atoms with Gasteiger partial charge in [0, 0.05) is 0 Å². The topological polar surface area (TPSA) is 18.5 Å². The Balaban J connectivity index is 1.51. The first kappa shape index (κ1) is 22.1. The van der Waals surface area contributed by atoms with Crippen LogP contribution in [0.1, 0.15) is 97.3 Å². The molecule has 0 heterocycles. The van der Waals surface area contributed by atoms with Crippen molar-refractivity contribution in [2.24, 2.45) is 11.8 Å². The summed E-state index contributed by atoms with van der Waals surface area (Å²) in [6.07, 6.45) is 17.5. The fourth-order valence-electron chi connectivity index (χ4n) is 4.31. The Hall–Kier alpha value is -1.18. The van der Waals surface area contributed by atoms with Gasteiger partial charge in [0.15, 0.2) is 0 Å². The molecular weight excluding hydrogens is 332 g/mol. The zero-order valence-electron chi connectivity index (χ0n) is 17.9. The molecule has 27 heavy (non-hydrogen) atoms. The maximum absolute atomic E-state index is 5.93. The summed E-state index contributed by atoms with van der Waals surface area (Å²) >= 11 is 0. The highest BCUT2D eigenvalue weighted by Crippen LogP contribution is 2.33. The number of ether oxygens (including phenoxy) is 2. The predicted molar refractivity (Wildman–Crippen MR) is 116 cm³/mol. The highest BCUT2D eigenvalue weighted by atomic mass is 16.5. The van der Waals surface area contributed by atoms with Crippen molar-refractivity contribution < 1.29 is 9.47 Å². The van der Waals surface area contributed by atoms with Crippen LogP contribution in [-0.4, -0.2) is 13.2 Å². The van der Waals surface area contributed by atoms with Crippen LogP contribution in [0.2, 0.25) is 0 Å². The Bertz CT molecular complexity index is 460. The van der Waals surface area contributed by atoms with Crippen LogP contribution in [0.4, 0.5) is 0 Å². The molecule has 2 rings (SSSR count). The highest BCUT2D eigenvalue weighted by molar-refractivity contribution is 5.31. The first-order chi connectivity index (χ1) is 13.3. The highest BCUT2D eigenvalue weighted by Gasteiger charge is 2.20. The molecule has 0 spiro atoms. The Morgan fingerprint density at radius 3 is 1.70 bits per heavy atom. The van der Waals surface area contributed by atoms with Crippen molar-refractivity contribution in [3.63, 3.8) is 0 Å². The van der Waals surface area contributed by atoms with Crippen molar-refractivity contribution >= 4 is 0 Å². The summed E-state index contributed by atoms with van der Waals surface area (Å²) in [7, 11) is 0. The zero-order chi connectivity index (χ0) is 19.2. The van der Waals surface area contributed by atoms with Crippen LogP contribution >= 0.6 is 0 Å². The lowest BCUT2D eigenvalue weighted by Gasteiger charge is -2.28. The van der Waals surface area contributed by atoms with Gasteiger partial charge in [0.1, 0.15) is 11.5 Å². The van der Waals surface area contributed by atoms with Gasteiger partial charge >= 0.3 is 0 Å². The van der Waals surface area contributed by atoms with Crippen molar-refractivity contribution in [3.8, 4) is 11.5 Å². The summed E-state index contributed by atoms with van der Waals surface area (Å²) < 4.78 is 11.7. The van der Waals surface area contributed by atoms with E-state index in [0.29, 0.717) is 0 Å². The van der Waals surface area contributed by atoms with Crippen molar-refractivity contribution in [1.29, 1.82) is 0 Å². The Morgan fingerprint density at radius 1 is 0.630 bits per heavy atom. The van der Waals surface area contributed by atoms with Crippen LogP contribution in [0.5, 0.6) is 11.5 Å². The molecule has 0 N–H and O–H groups in total. The molecule has 0 aliphatic heterocycles. The second kappa shape index (κ2) is 13.9. The van der Waals surface area contributed by atoms with Crippen LogP contribution in [0.15, 0.2) is 24.3 Å². The molecule has 0 amide bonds. The zero-order valence-corrected chi connectivity index (χ0v) is 17.9. The minimum Gasteiger partial charge on any atom is -0.494 e. The molecule has 1 aliphatic carbocycles. The lowest BCUT2D eigenvalue weighted by atomic mass is 9.78. The lowest BCUT2D eigenvalue weighted by Crippen LogP contribution is -2.15. The number of benzene rings is 1. The molecule has 1 aliphatic rings. The average molecular weight is 375 g/mol. The molecule has 0 saturated heterocycles. The molecule has 1 aromatic rings. The van der Waals surface area contributed by atoms with E-state index in [2.05, 4.69) is 13.8 Å². The van der Waals surface area contributed by atoms with E-state index in [1.54, 1.807) is 0 Å². The standard InChI is InChI=1S/C25H42O2/c1-3-5-6-7-8-20-26-24-16-18-25(19-17-24)27-21-9-11-23-14-12-22(10-4-2)13-15-23/h16-19,22-23H,3-15,20-21H2,1-2H3/t22-,23-. The van der Waals surface area contributed by atoms with Gasteiger partial charge in [-0.1, -0.05) is 78.1 Å². The first-order valence-electron chi connectivity index (χ1n) is 11.7. The van der Waals surface area contributed by atoms with Gasteiger partial charge in [0.05, 0.1) is 13.2 Å². The molecule has 0 atom stereocenters. The molecule has 0 unspecified atom stereocenters. The Morgan fingerprint density at radius 2 is 1.15 bits per heavy atom. The number of hydrogen-bond donors (Lipinski definition) is 0. The van der Waals surface area contributed by atoms with Gasteiger partial charge in [-0.25, -0.2) is 0 Å². The Kier molecular flexibility index (Phi) is 11.4. The number of hydrogen-bond acceptors (Lipinski definition) is 2. The smallest absolute Gasteiger partial charge is 0.119 e. The SMILES string of the molecule is CCCCCCCOc1ccc(OCCC[C@H]2CC[C@H](CCC)CC2)cc1. The second-order valence-electron chi connectivity index (χ2n) is 8.40. The van der Waals surface area contributed by atoms with Crippen molar-refractivity contribution in [2.45, 2.75) is 97.3 Å². The molecule has 1 aromatic carbocycles. The second-order valence-corrected chi connectivity index (χ2v) is 8.40. The van der Waals surface area contributed by atoms with Gasteiger partial charge in [-0.05, 0) is 55.4 Å². The number of rotatable bonds is 14. The molecule has 2 heteroatoms. The van der Waals surface area contributed by atoms with Gasteiger partial charge in [-0.2, -0.15) is 0 Å². The van der Waals surface area contributed by atoms with Crippen molar-refractivity contribution in [3.05, 3.63) is 24.3 Å². The minimum absolute atomic E-state index is 0.824. The van der Waals surface area contributed by atoms with Crippen LogP contribution in [-0.2, 0) is 0 Å². The van der Waals surface area contributed by atoms with E-state index in [9.17, 15) is 0 Å². The van der Waals surface area contributed by atoms with Gasteiger partial charge < -0.3 is 9.47 Å². The van der Waals surface area contributed by atoms with E-state index in [1.807, 2.05) is 24.3 Å². The molecule has 0 bridgehead atoms. The molecule has 1 fully saturated rings. The third-order valence-electron chi connectivity index (χ3n) is 6.03. The molecule has 2 nitrogen and oxygen atoms in total. The largest absolute Gasteiger partial charge is 0.494 e. The molecule has 0 radical (unpaired) electrons. The quantitative estimate of drug-likeness (QED) is 0.309. The van der Waals surface area contributed by atoms with E-state index in [-0.39, 0.29) is 0 Å². The van der Waals surface area contributed by atoms with Gasteiger partial charge in [0.25, 0.3) is 0 Å². The van der Waals surface area contributed by atoms with Crippen molar-refractivity contribution in [1.82, 2.24) is 0 Å². The van der Waals surface area contributed by atoms with Crippen LogP contribution < -0.4 is 9.47 Å². The van der Waals surface area contributed by atoms with Gasteiger partial charge in [-0.15, -0.1) is 0 Å². The summed E-state index contributed by atoms with van der Waals surface area (Å²) in [4.78, 5) is 0. The summed E-state index contributed by atoms with van der Waals surface area (Å²) in [6.45, 7) is 6.23. The fraction of sp³-hybridized carbons (Fsp3) is 0.760. The average Bonchev–Trinajstić information content (AvgIpc) is 2.70. The van der Waals surface area contributed by atoms with E-state index >= 15 is 0 Å². The maximum Gasteiger partial charge on any atom is 0.119 e. The number of unbranched alkanes of at least 4 members (excludes halogenated alkanes) is 4. The summed E-state index contributed by atoms with van der Waals surface area (Å²) in [5, 5.41) is 0. The van der Waals surface area contributed by atoms with Crippen LogP contribution in [0.3, 0.4) is 0 Å². The summed E-state index contributed by atoms with van der Waals surface area (Å²) in [5.41, 5.74) is 0. The predicted octanol–water partition coefficient (Wildman–Crippen LogP) is 7.80. The maximum atomic E-state index is 5.93. The van der Waals surface area contributed by atoms with Crippen molar-refractivity contribution in [2.75, 3.05) is 13.2 Å². The third kappa shape index (κ3) is 9.53. The molecule has 0 aromatic heterocycles. The monoisotopic (exact) mass is 374 g/mol. The van der Waals surface area contributed by atoms with Crippen LogP contribution in [0.25, 0.3) is 0 Å². The summed E-state index contributed by atoms with van der Waals surface area (Å²) in [6, 6.07) is 8.16. The van der Waals surface area contributed by atoms with Gasteiger partial charge in [0.2, 0.25) is 0 Å². The lowest BCUT2D eigenvalue weighted by molar-refractivity contribution is 0.230. The Labute approximate surface area is 168 Å².